The summed E-state index contributed by atoms with van der Waals surface area (Å²) >= 11 is 24.8. The van der Waals surface area contributed by atoms with Crippen LogP contribution < -0.4 is 0 Å². The fraction of sp³-hybridized carbons (Fsp3) is 0. The third kappa shape index (κ3) is 3.11. The minimum absolute atomic E-state index is 0.524. The van der Waals surface area contributed by atoms with E-state index in [1.165, 1.54) is 0 Å². The van der Waals surface area contributed by atoms with Crippen molar-refractivity contribution < 1.29 is 0 Å². The first-order chi connectivity index (χ1) is 10.6. The molecular formula is C18H9Cl4. The van der Waals surface area contributed by atoms with Crippen molar-refractivity contribution in [3.8, 4) is 22.3 Å². The highest BCUT2D eigenvalue weighted by Crippen LogP contribution is 2.41. The molecule has 0 bridgehead atoms. The lowest BCUT2D eigenvalue weighted by atomic mass is 9.94. The lowest BCUT2D eigenvalue weighted by molar-refractivity contribution is 1.57. The second-order valence-electron chi connectivity index (χ2n) is 4.71. The smallest absolute Gasteiger partial charge is 0.0569 e. The summed E-state index contributed by atoms with van der Waals surface area (Å²) in [6.07, 6.45) is 0. The van der Waals surface area contributed by atoms with Crippen LogP contribution >= 0.6 is 46.4 Å². The summed E-state index contributed by atoms with van der Waals surface area (Å²) in [6, 6.07) is 19.5. The van der Waals surface area contributed by atoms with E-state index in [0.717, 1.165) is 22.3 Å². The van der Waals surface area contributed by atoms with Gasteiger partial charge in [-0.15, -0.1) is 0 Å². The summed E-state index contributed by atoms with van der Waals surface area (Å²) in [5, 5.41) is 2.42. The molecule has 3 aromatic carbocycles. The number of halogens is 4. The highest BCUT2D eigenvalue weighted by Gasteiger charge is 2.14. The van der Waals surface area contributed by atoms with E-state index in [9.17, 15) is 0 Å². The van der Waals surface area contributed by atoms with Gasteiger partial charge in [-0.2, -0.15) is 0 Å². The number of rotatable bonds is 2. The van der Waals surface area contributed by atoms with E-state index in [2.05, 4.69) is 6.07 Å². The van der Waals surface area contributed by atoms with Crippen molar-refractivity contribution in [2.75, 3.05) is 0 Å². The van der Waals surface area contributed by atoms with E-state index in [1.807, 2.05) is 36.4 Å². The summed E-state index contributed by atoms with van der Waals surface area (Å²) in [6.45, 7) is 0. The van der Waals surface area contributed by atoms with Crippen LogP contribution in [0.1, 0.15) is 0 Å². The second kappa shape index (κ2) is 6.52. The van der Waals surface area contributed by atoms with Crippen LogP contribution in [-0.2, 0) is 0 Å². The Morgan fingerprint density at radius 1 is 0.682 bits per heavy atom. The first-order valence-corrected chi connectivity index (χ1v) is 7.99. The van der Waals surface area contributed by atoms with E-state index in [-0.39, 0.29) is 0 Å². The van der Waals surface area contributed by atoms with E-state index in [1.54, 1.807) is 18.2 Å². The van der Waals surface area contributed by atoms with Gasteiger partial charge in [-0.1, -0.05) is 70.7 Å². The van der Waals surface area contributed by atoms with Crippen molar-refractivity contribution in [2.24, 2.45) is 0 Å². The molecule has 0 aliphatic carbocycles. The van der Waals surface area contributed by atoms with E-state index in [4.69, 9.17) is 46.4 Å². The zero-order valence-corrected chi connectivity index (χ0v) is 14.2. The monoisotopic (exact) mass is 365 g/mol. The van der Waals surface area contributed by atoms with Crippen LogP contribution in [0.2, 0.25) is 20.1 Å². The molecule has 3 aromatic rings. The van der Waals surface area contributed by atoms with Gasteiger partial charge < -0.3 is 0 Å². The molecule has 0 aromatic heterocycles. The number of hydrogen-bond donors (Lipinski definition) is 0. The third-order valence-corrected chi connectivity index (χ3v) is 4.42. The zero-order valence-electron chi connectivity index (χ0n) is 11.2. The predicted octanol–water partition coefficient (Wildman–Crippen LogP) is 7.43. The van der Waals surface area contributed by atoms with Crippen LogP contribution in [0.4, 0.5) is 0 Å². The van der Waals surface area contributed by atoms with Crippen molar-refractivity contribution in [1.82, 2.24) is 0 Å². The number of benzene rings is 3. The van der Waals surface area contributed by atoms with Gasteiger partial charge in [0.25, 0.3) is 0 Å². The van der Waals surface area contributed by atoms with Crippen LogP contribution in [0.3, 0.4) is 0 Å². The Bertz CT molecular complexity index is 823. The predicted molar refractivity (Wildman–Crippen MR) is 96.2 cm³/mol. The molecule has 4 heteroatoms. The van der Waals surface area contributed by atoms with Gasteiger partial charge in [0.1, 0.15) is 0 Å². The van der Waals surface area contributed by atoms with E-state index >= 15 is 0 Å². The third-order valence-electron chi connectivity index (χ3n) is 3.30. The van der Waals surface area contributed by atoms with Crippen LogP contribution in [-0.4, -0.2) is 0 Å². The number of hydrogen-bond acceptors (Lipinski definition) is 0. The van der Waals surface area contributed by atoms with Crippen molar-refractivity contribution in [1.29, 1.82) is 0 Å². The standard InChI is InChI=1S/C18H9Cl4/c19-12-6-4-11(5-7-12)18-14(2-1-3-17(18)22)15-10-13(20)8-9-16(15)21/h1-2,4-10H. The van der Waals surface area contributed by atoms with Gasteiger partial charge in [0.2, 0.25) is 0 Å². The molecule has 0 N–H and O–H groups in total. The molecule has 0 nitrogen and oxygen atoms in total. The van der Waals surface area contributed by atoms with Gasteiger partial charge in [0.05, 0.1) is 5.02 Å². The molecule has 0 aliphatic rings. The lowest BCUT2D eigenvalue weighted by Crippen LogP contribution is -1.88. The molecular weight excluding hydrogens is 358 g/mol. The quantitative estimate of drug-likeness (QED) is 0.442. The Kier molecular flexibility index (Phi) is 4.65. The zero-order chi connectivity index (χ0) is 15.7. The molecule has 0 spiro atoms. The molecule has 0 unspecified atom stereocenters. The Morgan fingerprint density at radius 3 is 2.09 bits per heavy atom. The fourth-order valence-corrected chi connectivity index (χ4v) is 3.09. The molecule has 0 saturated heterocycles. The molecule has 0 atom stereocenters. The largest absolute Gasteiger partial charge is 0.0843 e. The Morgan fingerprint density at radius 2 is 1.36 bits per heavy atom. The fourth-order valence-electron chi connectivity index (χ4n) is 2.30. The van der Waals surface area contributed by atoms with Gasteiger partial charge in [0, 0.05) is 32.3 Å². The molecule has 22 heavy (non-hydrogen) atoms. The Balaban J connectivity index is 2.27. The molecule has 0 amide bonds. The average molecular weight is 367 g/mol. The summed E-state index contributed by atoms with van der Waals surface area (Å²) in [4.78, 5) is 0. The van der Waals surface area contributed by atoms with Crippen molar-refractivity contribution in [2.45, 2.75) is 0 Å². The van der Waals surface area contributed by atoms with Crippen molar-refractivity contribution >= 4 is 46.4 Å². The minimum Gasteiger partial charge on any atom is -0.0843 e. The van der Waals surface area contributed by atoms with E-state index < -0.39 is 0 Å². The summed E-state index contributed by atoms with van der Waals surface area (Å²) in [5.74, 6) is 0. The summed E-state index contributed by atoms with van der Waals surface area (Å²) in [5.41, 5.74) is 3.52. The summed E-state index contributed by atoms with van der Waals surface area (Å²) < 4.78 is 0. The minimum atomic E-state index is 0.524. The first-order valence-electron chi connectivity index (χ1n) is 6.48. The van der Waals surface area contributed by atoms with Gasteiger partial charge in [-0.25, -0.2) is 0 Å². The van der Waals surface area contributed by atoms with Gasteiger partial charge in [0.15, 0.2) is 0 Å². The average Bonchev–Trinajstić information content (AvgIpc) is 2.51. The molecule has 109 valence electrons. The Labute approximate surface area is 149 Å². The van der Waals surface area contributed by atoms with Crippen LogP contribution in [0.15, 0.2) is 54.6 Å². The van der Waals surface area contributed by atoms with Crippen molar-refractivity contribution in [3.05, 3.63) is 80.8 Å². The maximum atomic E-state index is 6.38. The molecule has 3 rings (SSSR count). The molecule has 1 radical (unpaired) electrons. The normalized spacial score (nSPS) is 10.7. The highest BCUT2D eigenvalue weighted by atomic mass is 35.5. The molecule has 0 saturated carbocycles. The van der Waals surface area contributed by atoms with Crippen molar-refractivity contribution in [3.63, 3.8) is 0 Å². The summed E-state index contributed by atoms with van der Waals surface area (Å²) in [7, 11) is 0. The topological polar surface area (TPSA) is 0 Å². The SMILES string of the molecule is Clc1ccc(-c2c(Cl)[c]ccc2-c2cc(Cl)ccc2Cl)cc1. The maximum Gasteiger partial charge on any atom is 0.0569 e. The van der Waals surface area contributed by atoms with Gasteiger partial charge >= 0.3 is 0 Å². The molecule has 0 fully saturated rings. The maximum absolute atomic E-state index is 6.38. The molecule has 0 aliphatic heterocycles. The van der Waals surface area contributed by atoms with Crippen LogP contribution in [0.5, 0.6) is 0 Å². The van der Waals surface area contributed by atoms with Crippen LogP contribution in [0.25, 0.3) is 22.3 Å². The lowest BCUT2D eigenvalue weighted by Gasteiger charge is -2.13. The van der Waals surface area contributed by atoms with E-state index in [0.29, 0.717) is 20.1 Å². The Hall–Kier alpha value is -1.18. The van der Waals surface area contributed by atoms with Gasteiger partial charge in [-0.3, -0.25) is 0 Å². The van der Waals surface area contributed by atoms with Crippen LogP contribution in [0, 0.1) is 6.07 Å². The van der Waals surface area contributed by atoms with Gasteiger partial charge in [-0.05, 0) is 41.5 Å². The second-order valence-corrected chi connectivity index (χ2v) is 6.37. The molecule has 0 heterocycles. The first kappa shape index (κ1) is 15.7. The highest BCUT2D eigenvalue weighted by molar-refractivity contribution is 6.37.